The van der Waals surface area contributed by atoms with Gasteiger partial charge in [-0.2, -0.15) is 0 Å². The fourth-order valence-electron chi connectivity index (χ4n) is 1.92. The number of hydrogen-bond acceptors (Lipinski definition) is 5. The minimum Gasteiger partial charge on any atom is -0.396 e. The third kappa shape index (κ3) is 4.76. The van der Waals surface area contributed by atoms with Gasteiger partial charge < -0.3 is 10.4 Å². The maximum absolute atomic E-state index is 10.9. The van der Waals surface area contributed by atoms with Crippen LogP contribution >= 0.6 is 15.9 Å². The number of hydrogen-bond donors (Lipinski definition) is 2. The predicted octanol–water partition coefficient (Wildman–Crippen LogP) is 2.96. The van der Waals surface area contributed by atoms with E-state index in [-0.39, 0.29) is 12.3 Å². The Morgan fingerprint density at radius 3 is 2.84 bits per heavy atom. The zero-order valence-electron chi connectivity index (χ0n) is 10.8. The van der Waals surface area contributed by atoms with E-state index in [4.69, 9.17) is 5.11 Å². The van der Waals surface area contributed by atoms with Crippen LogP contribution in [0.2, 0.25) is 0 Å². The van der Waals surface area contributed by atoms with Gasteiger partial charge in [0.15, 0.2) is 0 Å². The molecule has 1 aromatic heterocycles. The van der Waals surface area contributed by atoms with Gasteiger partial charge in [0.05, 0.1) is 9.40 Å². The molecule has 0 saturated carbocycles. The van der Waals surface area contributed by atoms with Crippen LogP contribution in [0.25, 0.3) is 0 Å². The highest BCUT2D eigenvalue weighted by molar-refractivity contribution is 9.10. The highest BCUT2D eigenvalue weighted by Crippen LogP contribution is 2.31. The maximum Gasteiger partial charge on any atom is 0.311 e. The second kappa shape index (κ2) is 8.06. The Balaban J connectivity index is 2.78. The molecule has 0 aliphatic rings. The molecule has 0 spiro atoms. The van der Waals surface area contributed by atoms with E-state index in [1.54, 1.807) is 0 Å². The molecule has 0 aromatic carbocycles. The third-order valence-electron chi connectivity index (χ3n) is 2.88. The zero-order valence-corrected chi connectivity index (χ0v) is 12.4. The molecule has 6 nitrogen and oxygen atoms in total. The van der Waals surface area contributed by atoms with Gasteiger partial charge in [0.1, 0.15) is 11.9 Å². The fraction of sp³-hybridized carbons (Fsp3) is 0.583. The third-order valence-corrected chi connectivity index (χ3v) is 3.48. The molecular formula is C12H18BrN3O3. The van der Waals surface area contributed by atoms with E-state index >= 15 is 0 Å². The van der Waals surface area contributed by atoms with Crippen LogP contribution in [0.3, 0.4) is 0 Å². The van der Waals surface area contributed by atoms with Gasteiger partial charge in [0.2, 0.25) is 0 Å². The molecule has 19 heavy (non-hydrogen) atoms. The first-order valence-electron chi connectivity index (χ1n) is 6.22. The van der Waals surface area contributed by atoms with Gasteiger partial charge in [-0.1, -0.05) is 13.3 Å². The SMILES string of the molecule is CCCC(CCO)CNc1c(Br)cncc1[N+](=O)[O-]. The lowest BCUT2D eigenvalue weighted by Crippen LogP contribution is -2.16. The molecule has 0 fully saturated rings. The Morgan fingerprint density at radius 2 is 2.26 bits per heavy atom. The Morgan fingerprint density at radius 1 is 1.53 bits per heavy atom. The van der Waals surface area contributed by atoms with Crippen molar-refractivity contribution in [2.45, 2.75) is 26.2 Å². The van der Waals surface area contributed by atoms with Gasteiger partial charge in [-0.05, 0) is 34.7 Å². The van der Waals surface area contributed by atoms with E-state index in [0.717, 1.165) is 12.8 Å². The zero-order chi connectivity index (χ0) is 14.3. The molecule has 0 saturated heterocycles. The van der Waals surface area contributed by atoms with Crippen molar-refractivity contribution in [3.63, 3.8) is 0 Å². The van der Waals surface area contributed by atoms with Crippen molar-refractivity contribution < 1.29 is 10.0 Å². The summed E-state index contributed by atoms with van der Waals surface area (Å²) in [6.07, 6.45) is 5.44. The first-order chi connectivity index (χ1) is 9.10. The average molecular weight is 332 g/mol. The van der Waals surface area contributed by atoms with Crippen molar-refractivity contribution in [1.29, 1.82) is 0 Å². The van der Waals surface area contributed by atoms with Crippen LogP contribution in [-0.4, -0.2) is 28.2 Å². The van der Waals surface area contributed by atoms with E-state index in [2.05, 4.69) is 33.2 Å². The molecule has 1 unspecified atom stereocenters. The van der Waals surface area contributed by atoms with Gasteiger partial charge in [0.25, 0.3) is 0 Å². The normalized spacial score (nSPS) is 12.2. The number of rotatable bonds is 8. The number of pyridine rings is 1. The Hall–Kier alpha value is -1.21. The Labute approximate surface area is 120 Å². The molecule has 0 amide bonds. The van der Waals surface area contributed by atoms with Crippen LogP contribution in [-0.2, 0) is 0 Å². The first-order valence-corrected chi connectivity index (χ1v) is 7.02. The van der Waals surface area contributed by atoms with Crippen LogP contribution in [0.5, 0.6) is 0 Å². The van der Waals surface area contributed by atoms with Crippen LogP contribution in [0, 0.1) is 16.0 Å². The van der Waals surface area contributed by atoms with E-state index in [1.807, 2.05) is 0 Å². The number of aliphatic hydroxyl groups excluding tert-OH is 1. The number of aromatic nitrogens is 1. The molecule has 2 N–H and O–H groups in total. The molecule has 7 heteroatoms. The quantitative estimate of drug-likeness (QED) is 0.564. The minimum atomic E-state index is -0.457. The Kier molecular flexibility index (Phi) is 6.72. The maximum atomic E-state index is 10.9. The summed E-state index contributed by atoms with van der Waals surface area (Å²) in [6, 6.07) is 0. The standard InChI is InChI=1S/C12H18BrN3O3/c1-2-3-9(4-5-17)6-15-12-10(13)7-14-8-11(12)16(18)19/h7-9,17H,2-6H2,1H3,(H,14,15). The predicted molar refractivity (Wildman–Crippen MR) is 77.2 cm³/mol. The number of halogens is 1. The smallest absolute Gasteiger partial charge is 0.311 e. The lowest BCUT2D eigenvalue weighted by Gasteiger charge is -2.17. The summed E-state index contributed by atoms with van der Waals surface area (Å²) in [4.78, 5) is 14.3. The van der Waals surface area contributed by atoms with E-state index in [0.29, 0.717) is 29.0 Å². The van der Waals surface area contributed by atoms with E-state index < -0.39 is 4.92 Å². The molecule has 1 aromatic rings. The van der Waals surface area contributed by atoms with Crippen LogP contribution in [0.4, 0.5) is 11.4 Å². The van der Waals surface area contributed by atoms with Crippen LogP contribution in [0.1, 0.15) is 26.2 Å². The second-order valence-corrected chi connectivity index (χ2v) is 5.17. The largest absolute Gasteiger partial charge is 0.396 e. The lowest BCUT2D eigenvalue weighted by molar-refractivity contribution is -0.384. The van der Waals surface area contributed by atoms with Gasteiger partial charge in [-0.15, -0.1) is 0 Å². The molecule has 0 aliphatic carbocycles. The molecule has 0 bridgehead atoms. The molecule has 106 valence electrons. The highest BCUT2D eigenvalue weighted by atomic mass is 79.9. The number of aliphatic hydroxyl groups is 1. The molecule has 1 atom stereocenters. The monoisotopic (exact) mass is 331 g/mol. The second-order valence-electron chi connectivity index (χ2n) is 4.32. The van der Waals surface area contributed by atoms with Crippen molar-refractivity contribution in [3.05, 3.63) is 27.0 Å². The van der Waals surface area contributed by atoms with Crippen molar-refractivity contribution in [2.24, 2.45) is 5.92 Å². The highest BCUT2D eigenvalue weighted by Gasteiger charge is 2.18. The number of nitro groups is 1. The molecular weight excluding hydrogens is 314 g/mol. The van der Waals surface area contributed by atoms with E-state index in [9.17, 15) is 10.1 Å². The lowest BCUT2D eigenvalue weighted by atomic mass is 10.0. The van der Waals surface area contributed by atoms with Crippen molar-refractivity contribution in [1.82, 2.24) is 4.98 Å². The average Bonchev–Trinajstić information content (AvgIpc) is 2.37. The topological polar surface area (TPSA) is 88.3 Å². The van der Waals surface area contributed by atoms with Crippen molar-refractivity contribution >= 4 is 27.3 Å². The van der Waals surface area contributed by atoms with Gasteiger partial charge in [-0.25, -0.2) is 0 Å². The summed E-state index contributed by atoms with van der Waals surface area (Å²) in [5, 5.41) is 23.0. The summed E-state index contributed by atoms with van der Waals surface area (Å²) in [6.45, 7) is 2.80. The summed E-state index contributed by atoms with van der Waals surface area (Å²) < 4.78 is 0.570. The summed E-state index contributed by atoms with van der Waals surface area (Å²) >= 11 is 3.26. The van der Waals surface area contributed by atoms with Crippen LogP contribution in [0.15, 0.2) is 16.9 Å². The fourth-order valence-corrected chi connectivity index (χ4v) is 2.39. The molecule has 1 rings (SSSR count). The number of nitrogens with zero attached hydrogens (tertiary/aromatic N) is 2. The Bertz CT molecular complexity index is 423. The van der Waals surface area contributed by atoms with Crippen LogP contribution < -0.4 is 5.32 Å². The van der Waals surface area contributed by atoms with Gasteiger partial charge in [0, 0.05) is 19.3 Å². The molecule has 0 radical (unpaired) electrons. The summed E-state index contributed by atoms with van der Waals surface area (Å²) in [7, 11) is 0. The molecule has 1 heterocycles. The van der Waals surface area contributed by atoms with E-state index in [1.165, 1.54) is 12.4 Å². The van der Waals surface area contributed by atoms with Crippen molar-refractivity contribution in [3.8, 4) is 0 Å². The number of anilines is 1. The minimum absolute atomic E-state index is 0.0476. The first kappa shape index (κ1) is 15.8. The summed E-state index contributed by atoms with van der Waals surface area (Å²) in [5.41, 5.74) is 0.396. The summed E-state index contributed by atoms with van der Waals surface area (Å²) in [5.74, 6) is 0.301. The van der Waals surface area contributed by atoms with Gasteiger partial charge >= 0.3 is 5.69 Å². The molecule has 0 aliphatic heterocycles. The van der Waals surface area contributed by atoms with Gasteiger partial charge in [-0.3, -0.25) is 15.1 Å². The number of nitrogens with one attached hydrogen (secondary N) is 1. The van der Waals surface area contributed by atoms with Crippen molar-refractivity contribution in [2.75, 3.05) is 18.5 Å².